The van der Waals surface area contributed by atoms with Gasteiger partial charge < -0.3 is 10.1 Å². The number of hydrogen-bond acceptors (Lipinski definition) is 3. The topological polar surface area (TPSA) is 24.5 Å². The summed E-state index contributed by atoms with van der Waals surface area (Å²) in [5.41, 5.74) is 0. The van der Waals surface area contributed by atoms with E-state index in [9.17, 15) is 0 Å². The van der Waals surface area contributed by atoms with Crippen LogP contribution in [0.1, 0.15) is 46.0 Å². The lowest BCUT2D eigenvalue weighted by Crippen LogP contribution is -2.52. The van der Waals surface area contributed by atoms with E-state index in [4.69, 9.17) is 4.74 Å². The lowest BCUT2D eigenvalue weighted by molar-refractivity contribution is 0.0936. The Hall–Kier alpha value is -0.120. The van der Waals surface area contributed by atoms with Gasteiger partial charge in [-0.15, -0.1) is 0 Å². The number of nitrogens with zero attached hydrogens (tertiary/aromatic N) is 1. The Labute approximate surface area is 112 Å². The summed E-state index contributed by atoms with van der Waals surface area (Å²) in [4.78, 5) is 2.73. The fraction of sp³-hybridized carbons (Fsp3) is 1.00. The SMILES string of the molecule is CCCNC(C)C1CCCCN1CC1CCOC1. The van der Waals surface area contributed by atoms with Gasteiger partial charge in [0.1, 0.15) is 0 Å². The van der Waals surface area contributed by atoms with Gasteiger partial charge in [0.15, 0.2) is 0 Å². The van der Waals surface area contributed by atoms with Gasteiger partial charge in [-0.1, -0.05) is 13.3 Å². The first kappa shape index (κ1) is 14.3. The fourth-order valence-electron chi connectivity index (χ4n) is 3.38. The number of rotatable bonds is 6. The van der Waals surface area contributed by atoms with Crippen molar-refractivity contribution in [1.82, 2.24) is 10.2 Å². The van der Waals surface area contributed by atoms with Crippen LogP contribution in [0, 0.1) is 5.92 Å². The molecule has 0 aromatic carbocycles. The lowest BCUT2D eigenvalue weighted by atomic mass is 9.94. The van der Waals surface area contributed by atoms with Crippen molar-refractivity contribution in [2.24, 2.45) is 5.92 Å². The highest BCUT2D eigenvalue weighted by Crippen LogP contribution is 2.23. The van der Waals surface area contributed by atoms with E-state index in [1.165, 1.54) is 45.2 Å². The van der Waals surface area contributed by atoms with E-state index in [0.29, 0.717) is 6.04 Å². The van der Waals surface area contributed by atoms with Crippen LogP contribution in [0.3, 0.4) is 0 Å². The molecule has 0 aromatic rings. The van der Waals surface area contributed by atoms with Crippen LogP contribution in [-0.4, -0.2) is 49.8 Å². The van der Waals surface area contributed by atoms with Crippen molar-refractivity contribution in [2.45, 2.75) is 58.0 Å². The van der Waals surface area contributed by atoms with Crippen molar-refractivity contribution < 1.29 is 4.74 Å². The quantitative estimate of drug-likeness (QED) is 0.787. The van der Waals surface area contributed by atoms with Gasteiger partial charge >= 0.3 is 0 Å². The van der Waals surface area contributed by atoms with Crippen molar-refractivity contribution in [3.8, 4) is 0 Å². The highest BCUT2D eigenvalue weighted by Gasteiger charge is 2.29. The first-order valence-electron chi connectivity index (χ1n) is 7.86. The van der Waals surface area contributed by atoms with Crippen LogP contribution in [0.25, 0.3) is 0 Å². The Morgan fingerprint density at radius 3 is 2.94 bits per heavy atom. The summed E-state index contributed by atoms with van der Waals surface area (Å²) in [6.07, 6.45) is 6.64. The fourth-order valence-corrected chi connectivity index (χ4v) is 3.38. The average molecular weight is 254 g/mol. The molecule has 2 aliphatic rings. The third-order valence-electron chi connectivity index (χ3n) is 4.47. The van der Waals surface area contributed by atoms with Crippen LogP contribution >= 0.6 is 0 Å². The molecule has 0 bridgehead atoms. The molecule has 0 saturated carbocycles. The van der Waals surface area contributed by atoms with Gasteiger partial charge in [-0.05, 0) is 51.6 Å². The molecule has 2 aliphatic heterocycles. The first-order chi connectivity index (χ1) is 8.81. The predicted octanol–water partition coefficient (Wildman–Crippen LogP) is 2.27. The Kier molecular flexibility index (Phi) is 5.93. The maximum atomic E-state index is 5.52. The van der Waals surface area contributed by atoms with Gasteiger partial charge in [-0.2, -0.15) is 0 Å². The van der Waals surface area contributed by atoms with E-state index in [-0.39, 0.29) is 0 Å². The molecule has 2 rings (SSSR count). The molecule has 2 fully saturated rings. The van der Waals surface area contributed by atoms with Crippen LogP contribution in [0.4, 0.5) is 0 Å². The smallest absolute Gasteiger partial charge is 0.0507 e. The van der Waals surface area contributed by atoms with E-state index in [1.807, 2.05) is 0 Å². The maximum absolute atomic E-state index is 5.52. The summed E-state index contributed by atoms with van der Waals surface area (Å²) in [6, 6.07) is 1.37. The Morgan fingerprint density at radius 1 is 1.33 bits per heavy atom. The minimum absolute atomic E-state index is 0.632. The Morgan fingerprint density at radius 2 is 2.22 bits per heavy atom. The summed E-state index contributed by atoms with van der Waals surface area (Å²) in [5, 5.41) is 3.68. The number of hydrogen-bond donors (Lipinski definition) is 1. The third kappa shape index (κ3) is 3.94. The number of likely N-dealkylation sites (tertiary alicyclic amines) is 1. The van der Waals surface area contributed by atoms with E-state index < -0.39 is 0 Å². The highest BCUT2D eigenvalue weighted by molar-refractivity contribution is 4.86. The number of nitrogens with one attached hydrogen (secondary N) is 1. The van der Waals surface area contributed by atoms with Gasteiger partial charge in [0.2, 0.25) is 0 Å². The first-order valence-corrected chi connectivity index (χ1v) is 7.86. The number of piperidine rings is 1. The van der Waals surface area contributed by atoms with E-state index >= 15 is 0 Å². The molecule has 0 spiro atoms. The second kappa shape index (κ2) is 7.46. The second-order valence-electron chi connectivity index (χ2n) is 6.03. The molecule has 0 amide bonds. The minimum atomic E-state index is 0.632. The van der Waals surface area contributed by atoms with E-state index in [2.05, 4.69) is 24.1 Å². The van der Waals surface area contributed by atoms with Crippen molar-refractivity contribution in [1.29, 1.82) is 0 Å². The van der Waals surface area contributed by atoms with Crippen LogP contribution in [0.2, 0.25) is 0 Å². The minimum Gasteiger partial charge on any atom is -0.381 e. The summed E-state index contributed by atoms with van der Waals surface area (Å²) in [5.74, 6) is 0.781. The van der Waals surface area contributed by atoms with Gasteiger partial charge in [-0.3, -0.25) is 4.90 Å². The molecule has 0 aliphatic carbocycles. The molecule has 3 unspecified atom stereocenters. The molecule has 0 radical (unpaired) electrons. The zero-order valence-corrected chi connectivity index (χ0v) is 12.2. The van der Waals surface area contributed by atoms with Crippen molar-refractivity contribution in [3.05, 3.63) is 0 Å². The van der Waals surface area contributed by atoms with Crippen LogP contribution < -0.4 is 5.32 Å². The largest absolute Gasteiger partial charge is 0.381 e. The second-order valence-corrected chi connectivity index (χ2v) is 6.03. The van der Waals surface area contributed by atoms with Crippen molar-refractivity contribution >= 4 is 0 Å². The lowest BCUT2D eigenvalue weighted by Gasteiger charge is -2.40. The van der Waals surface area contributed by atoms with Gasteiger partial charge in [-0.25, -0.2) is 0 Å². The molecule has 2 saturated heterocycles. The molecule has 3 atom stereocenters. The average Bonchev–Trinajstić information content (AvgIpc) is 2.89. The molecule has 0 aromatic heterocycles. The molecule has 18 heavy (non-hydrogen) atoms. The molecule has 3 heteroatoms. The highest BCUT2D eigenvalue weighted by atomic mass is 16.5. The zero-order valence-electron chi connectivity index (χ0n) is 12.2. The Balaban J connectivity index is 1.83. The van der Waals surface area contributed by atoms with E-state index in [1.54, 1.807) is 0 Å². The molecule has 1 N–H and O–H groups in total. The van der Waals surface area contributed by atoms with Crippen LogP contribution in [0.15, 0.2) is 0 Å². The summed E-state index contributed by atoms with van der Waals surface area (Å²) >= 11 is 0. The summed E-state index contributed by atoms with van der Waals surface area (Å²) in [6.45, 7) is 10.3. The summed E-state index contributed by atoms with van der Waals surface area (Å²) < 4.78 is 5.52. The zero-order chi connectivity index (χ0) is 12.8. The monoisotopic (exact) mass is 254 g/mol. The van der Waals surface area contributed by atoms with Gasteiger partial charge in [0, 0.05) is 25.2 Å². The van der Waals surface area contributed by atoms with Crippen molar-refractivity contribution in [2.75, 3.05) is 32.8 Å². The van der Waals surface area contributed by atoms with Crippen LogP contribution in [-0.2, 0) is 4.74 Å². The van der Waals surface area contributed by atoms with Crippen molar-refractivity contribution in [3.63, 3.8) is 0 Å². The normalized spacial score (nSPS) is 31.7. The molecular weight excluding hydrogens is 224 g/mol. The third-order valence-corrected chi connectivity index (χ3v) is 4.47. The van der Waals surface area contributed by atoms with Gasteiger partial charge in [0.25, 0.3) is 0 Å². The molecule has 2 heterocycles. The molecular formula is C15H30N2O. The van der Waals surface area contributed by atoms with E-state index in [0.717, 1.165) is 31.7 Å². The summed E-state index contributed by atoms with van der Waals surface area (Å²) in [7, 11) is 0. The molecule has 106 valence electrons. The standard InChI is InChI=1S/C15H30N2O/c1-3-8-16-13(2)15-6-4-5-9-17(15)11-14-7-10-18-12-14/h13-16H,3-12H2,1-2H3. The van der Waals surface area contributed by atoms with Crippen LogP contribution in [0.5, 0.6) is 0 Å². The number of ether oxygens (including phenoxy) is 1. The van der Waals surface area contributed by atoms with Gasteiger partial charge in [0.05, 0.1) is 6.61 Å². The Bertz CT molecular complexity index is 229. The molecule has 3 nitrogen and oxygen atoms in total. The predicted molar refractivity (Wildman–Crippen MR) is 75.9 cm³/mol. The maximum Gasteiger partial charge on any atom is 0.0507 e.